The van der Waals surface area contributed by atoms with Crippen molar-refractivity contribution >= 4 is 11.0 Å². The quantitative estimate of drug-likeness (QED) is 0.181. The maximum Gasteiger partial charge on any atom is 0.145 e. The van der Waals surface area contributed by atoms with Crippen LogP contribution in [0.4, 0.5) is 0 Å². The molecule has 252 valence electrons. The molecule has 0 N–H and O–H groups in total. The van der Waals surface area contributed by atoms with Crippen LogP contribution in [0.1, 0.15) is 44.5 Å². The second-order valence-corrected chi connectivity index (χ2v) is 14.6. The van der Waals surface area contributed by atoms with Crippen molar-refractivity contribution in [1.29, 1.82) is 0 Å². The Balaban J connectivity index is 1.22. The van der Waals surface area contributed by atoms with Crippen LogP contribution in [-0.2, 0) is 10.8 Å². The number of ether oxygens (including phenoxy) is 1. The zero-order valence-electron chi connectivity index (χ0n) is 29.3. The van der Waals surface area contributed by atoms with Crippen molar-refractivity contribution in [3.8, 4) is 39.7 Å². The highest BCUT2D eigenvalue weighted by molar-refractivity contribution is 5.92. The fraction of sp³-hybridized carbons (Fsp3) is 0.0392. The fourth-order valence-electron chi connectivity index (χ4n) is 10.2. The minimum Gasteiger partial charge on any atom is -0.457 e. The Morgan fingerprint density at radius 2 is 0.870 bits per heavy atom. The molecule has 8 aromatic carbocycles. The van der Waals surface area contributed by atoms with Gasteiger partial charge < -0.3 is 4.74 Å². The molecule has 54 heavy (non-hydrogen) atoms. The molecule has 3 aliphatic rings. The SMILES string of the molecule is c1ccc(-c2nc3ccccc3n2-c2ccc3c(c2)C2(c4ccccc4-3)c3ccccc3C3(c4ccccc4Oc4ccccc43)c3ccccc32)cc1. The van der Waals surface area contributed by atoms with E-state index in [2.05, 4.69) is 199 Å². The number of nitrogens with zero attached hydrogens (tertiary/aromatic N) is 2. The molecule has 0 atom stereocenters. The molecule has 0 unspecified atom stereocenters. The molecule has 2 spiro atoms. The summed E-state index contributed by atoms with van der Waals surface area (Å²) in [5.41, 5.74) is 15.6. The van der Waals surface area contributed by atoms with Gasteiger partial charge in [0.05, 0.1) is 21.9 Å². The molecule has 1 aliphatic heterocycles. The van der Waals surface area contributed by atoms with Crippen molar-refractivity contribution in [3.05, 3.63) is 239 Å². The van der Waals surface area contributed by atoms with Crippen molar-refractivity contribution in [2.45, 2.75) is 10.8 Å². The molecule has 0 saturated carbocycles. The van der Waals surface area contributed by atoms with E-state index < -0.39 is 10.8 Å². The number of aromatic nitrogens is 2. The third-order valence-electron chi connectivity index (χ3n) is 12.2. The highest BCUT2D eigenvalue weighted by Gasteiger charge is 2.58. The summed E-state index contributed by atoms with van der Waals surface area (Å²) in [6.07, 6.45) is 0. The van der Waals surface area contributed by atoms with Gasteiger partial charge in [-0.25, -0.2) is 4.98 Å². The molecule has 0 fully saturated rings. The summed E-state index contributed by atoms with van der Waals surface area (Å²) in [5.74, 6) is 2.72. The summed E-state index contributed by atoms with van der Waals surface area (Å²) < 4.78 is 9.04. The zero-order valence-corrected chi connectivity index (χ0v) is 29.3. The molecule has 0 amide bonds. The first-order valence-electron chi connectivity index (χ1n) is 18.6. The van der Waals surface area contributed by atoms with E-state index >= 15 is 0 Å². The lowest BCUT2D eigenvalue weighted by molar-refractivity contribution is 0.429. The third kappa shape index (κ3) is 3.59. The number of benzene rings is 8. The summed E-state index contributed by atoms with van der Waals surface area (Å²) in [4.78, 5) is 5.22. The smallest absolute Gasteiger partial charge is 0.145 e. The standard InChI is InChI=1S/C51H32N2O/c1-2-16-33(17-3-1)49-52-45-26-12-13-27-46(45)53(49)34-30-31-36-35-18-4-5-19-37(35)50(44(36)32-34)38-20-6-8-22-40(38)51(41-23-9-7-21-39(41)50)42-24-10-14-28-47(42)54-48-29-15-11-25-43(48)51/h1-32H. The summed E-state index contributed by atoms with van der Waals surface area (Å²) in [6, 6.07) is 70.7. The van der Waals surface area contributed by atoms with Crippen LogP contribution in [0.3, 0.4) is 0 Å². The van der Waals surface area contributed by atoms with E-state index in [9.17, 15) is 0 Å². The molecule has 3 nitrogen and oxygen atoms in total. The molecule has 12 rings (SSSR count). The van der Waals surface area contributed by atoms with Crippen LogP contribution in [0.25, 0.3) is 39.2 Å². The van der Waals surface area contributed by atoms with E-state index in [-0.39, 0.29) is 0 Å². The van der Waals surface area contributed by atoms with Gasteiger partial charge in [0.1, 0.15) is 17.3 Å². The number of hydrogen-bond donors (Lipinski definition) is 0. The lowest BCUT2D eigenvalue weighted by Gasteiger charge is -2.51. The maximum atomic E-state index is 6.70. The number of hydrogen-bond acceptors (Lipinski definition) is 2. The Morgan fingerprint density at radius 1 is 0.389 bits per heavy atom. The first-order chi connectivity index (χ1) is 26.8. The van der Waals surface area contributed by atoms with Gasteiger partial charge in [0.15, 0.2) is 0 Å². The summed E-state index contributed by atoms with van der Waals surface area (Å²) >= 11 is 0. The monoisotopic (exact) mass is 688 g/mol. The second kappa shape index (κ2) is 10.8. The Bertz CT molecular complexity index is 2900. The summed E-state index contributed by atoms with van der Waals surface area (Å²) in [6.45, 7) is 0. The van der Waals surface area contributed by atoms with Crippen LogP contribution >= 0.6 is 0 Å². The van der Waals surface area contributed by atoms with Crippen molar-refractivity contribution in [2.75, 3.05) is 0 Å². The van der Waals surface area contributed by atoms with Crippen molar-refractivity contribution in [2.24, 2.45) is 0 Å². The molecule has 0 saturated heterocycles. The van der Waals surface area contributed by atoms with Gasteiger partial charge in [-0.1, -0.05) is 158 Å². The first-order valence-corrected chi connectivity index (χ1v) is 18.6. The highest BCUT2D eigenvalue weighted by atomic mass is 16.5. The van der Waals surface area contributed by atoms with Crippen LogP contribution in [0.15, 0.2) is 194 Å². The van der Waals surface area contributed by atoms with Gasteiger partial charge in [0, 0.05) is 22.4 Å². The molecular formula is C51H32N2O. The summed E-state index contributed by atoms with van der Waals surface area (Å²) in [7, 11) is 0. The Morgan fingerprint density at radius 3 is 1.52 bits per heavy atom. The number of fused-ring (bicyclic) bond motifs is 16. The number of imidazole rings is 1. The van der Waals surface area contributed by atoms with Gasteiger partial charge in [-0.3, -0.25) is 4.57 Å². The van der Waals surface area contributed by atoms with Gasteiger partial charge >= 0.3 is 0 Å². The predicted molar refractivity (Wildman–Crippen MR) is 216 cm³/mol. The topological polar surface area (TPSA) is 27.1 Å². The second-order valence-electron chi connectivity index (χ2n) is 14.6. The lowest BCUT2D eigenvalue weighted by atomic mass is 9.51. The first kappa shape index (κ1) is 29.6. The van der Waals surface area contributed by atoms with Crippen molar-refractivity contribution in [1.82, 2.24) is 9.55 Å². The van der Waals surface area contributed by atoms with E-state index in [1.807, 2.05) is 0 Å². The number of rotatable bonds is 2. The van der Waals surface area contributed by atoms with E-state index in [4.69, 9.17) is 9.72 Å². The minimum absolute atomic E-state index is 0.591. The van der Waals surface area contributed by atoms with Crippen LogP contribution in [0.2, 0.25) is 0 Å². The Kier molecular flexibility index (Phi) is 5.91. The normalized spacial score (nSPS) is 14.7. The molecule has 3 heteroatoms. The molecular weight excluding hydrogens is 657 g/mol. The largest absolute Gasteiger partial charge is 0.457 e. The lowest BCUT2D eigenvalue weighted by Crippen LogP contribution is -2.45. The van der Waals surface area contributed by atoms with Crippen LogP contribution < -0.4 is 4.74 Å². The van der Waals surface area contributed by atoms with Crippen LogP contribution in [-0.4, -0.2) is 9.55 Å². The number of para-hydroxylation sites is 4. The van der Waals surface area contributed by atoms with E-state index in [0.29, 0.717) is 0 Å². The highest BCUT2D eigenvalue weighted by Crippen LogP contribution is 2.67. The van der Waals surface area contributed by atoms with E-state index in [0.717, 1.165) is 50.7 Å². The van der Waals surface area contributed by atoms with Gasteiger partial charge in [0.2, 0.25) is 0 Å². The zero-order chi connectivity index (χ0) is 35.4. The molecule has 0 bridgehead atoms. The van der Waals surface area contributed by atoms with Gasteiger partial charge in [-0.2, -0.15) is 0 Å². The van der Waals surface area contributed by atoms with Gasteiger partial charge in [0.25, 0.3) is 0 Å². The van der Waals surface area contributed by atoms with Gasteiger partial charge in [-0.15, -0.1) is 0 Å². The molecule has 1 aromatic heterocycles. The molecule has 2 heterocycles. The molecule has 9 aromatic rings. The molecule has 0 radical (unpaired) electrons. The molecule has 2 aliphatic carbocycles. The van der Waals surface area contributed by atoms with Crippen molar-refractivity contribution < 1.29 is 4.74 Å². The predicted octanol–water partition coefficient (Wildman–Crippen LogP) is 11.9. The average Bonchev–Trinajstić information content (AvgIpc) is 3.77. The van der Waals surface area contributed by atoms with Crippen molar-refractivity contribution in [3.63, 3.8) is 0 Å². The van der Waals surface area contributed by atoms with Crippen LogP contribution in [0, 0.1) is 0 Å². The Labute approximate surface area is 313 Å². The van der Waals surface area contributed by atoms with Gasteiger partial charge in [-0.05, 0) is 80.9 Å². The van der Waals surface area contributed by atoms with Crippen LogP contribution in [0.5, 0.6) is 11.5 Å². The third-order valence-corrected chi connectivity index (χ3v) is 12.2. The average molecular weight is 689 g/mol. The summed E-state index contributed by atoms with van der Waals surface area (Å²) in [5, 5.41) is 0. The minimum atomic E-state index is -0.597. The Hall–Kier alpha value is -6.97. The maximum absolute atomic E-state index is 6.70. The van der Waals surface area contributed by atoms with E-state index in [1.165, 1.54) is 44.5 Å². The fourth-order valence-corrected chi connectivity index (χ4v) is 10.2. The van der Waals surface area contributed by atoms with E-state index in [1.54, 1.807) is 0 Å².